The average Bonchev–Trinajstić information content (AvgIpc) is 2.52. The molecule has 24 heavy (non-hydrogen) atoms. The third kappa shape index (κ3) is 4.48. The summed E-state index contributed by atoms with van der Waals surface area (Å²) in [6.45, 7) is 2.14. The molecule has 1 unspecified atom stereocenters. The largest absolute Gasteiger partial charge is 0.324 e. The highest BCUT2D eigenvalue weighted by Gasteiger charge is 2.26. The monoisotopic (exact) mass is 338 g/mol. The van der Waals surface area contributed by atoms with Gasteiger partial charge in [0.1, 0.15) is 6.54 Å². The normalized spacial score (nSPS) is 17.7. The minimum Gasteiger partial charge on any atom is -0.324 e. The fraction of sp³-hybridized carbons (Fsp3) is 0.467. The van der Waals surface area contributed by atoms with E-state index in [4.69, 9.17) is 0 Å². The topological polar surface area (TPSA) is 105 Å². The Morgan fingerprint density at radius 3 is 2.92 bits per heavy atom. The van der Waals surface area contributed by atoms with E-state index in [2.05, 4.69) is 10.6 Å². The van der Waals surface area contributed by atoms with Crippen molar-refractivity contribution in [2.24, 2.45) is 0 Å². The zero-order valence-corrected chi connectivity index (χ0v) is 13.3. The first-order valence-electron chi connectivity index (χ1n) is 7.65. The minimum atomic E-state index is -0.977. The maximum absolute atomic E-state index is 13.3. The van der Waals surface area contributed by atoms with E-state index in [0.717, 1.165) is 25.0 Å². The first-order valence-corrected chi connectivity index (χ1v) is 7.65. The highest BCUT2D eigenvalue weighted by molar-refractivity contribution is 5.95. The van der Waals surface area contributed by atoms with E-state index in [1.54, 1.807) is 0 Å². The van der Waals surface area contributed by atoms with E-state index >= 15 is 0 Å². The van der Waals surface area contributed by atoms with Crippen molar-refractivity contribution < 1.29 is 18.9 Å². The van der Waals surface area contributed by atoms with Crippen LogP contribution in [0.15, 0.2) is 18.2 Å². The number of nitro benzene ring substituents is 1. The lowest BCUT2D eigenvalue weighted by atomic mass is 10.1. The van der Waals surface area contributed by atoms with Crippen LogP contribution in [-0.4, -0.2) is 40.9 Å². The zero-order chi connectivity index (χ0) is 17.7. The SMILES string of the molecule is CCCC1CC(=O)N(CC(=O)Nc2ccc(F)c([N+](=O)[O-])c2)CN1. The Hall–Kier alpha value is -2.55. The van der Waals surface area contributed by atoms with Crippen LogP contribution in [0.25, 0.3) is 0 Å². The Kier molecular flexibility index (Phi) is 5.80. The number of hydrogen-bond donors (Lipinski definition) is 2. The first kappa shape index (κ1) is 17.8. The van der Waals surface area contributed by atoms with Crippen LogP contribution in [0.3, 0.4) is 0 Å². The quantitative estimate of drug-likeness (QED) is 0.606. The molecule has 9 heteroatoms. The van der Waals surface area contributed by atoms with Crippen molar-refractivity contribution in [3.05, 3.63) is 34.1 Å². The van der Waals surface area contributed by atoms with E-state index in [-0.39, 0.29) is 30.8 Å². The van der Waals surface area contributed by atoms with Crippen molar-refractivity contribution in [3.8, 4) is 0 Å². The van der Waals surface area contributed by atoms with Crippen LogP contribution in [0.1, 0.15) is 26.2 Å². The summed E-state index contributed by atoms with van der Waals surface area (Å²) in [6, 6.07) is 3.22. The molecule has 1 aromatic rings. The Bertz CT molecular complexity index is 652. The van der Waals surface area contributed by atoms with E-state index in [1.165, 1.54) is 11.0 Å². The number of amides is 2. The molecule has 2 amide bonds. The van der Waals surface area contributed by atoms with Crippen LogP contribution < -0.4 is 10.6 Å². The second-order valence-corrected chi connectivity index (χ2v) is 5.62. The molecule has 2 N–H and O–H groups in total. The van der Waals surface area contributed by atoms with Crippen LogP contribution >= 0.6 is 0 Å². The summed E-state index contributed by atoms with van der Waals surface area (Å²) in [5.74, 6) is -1.59. The van der Waals surface area contributed by atoms with Gasteiger partial charge in [-0.2, -0.15) is 4.39 Å². The van der Waals surface area contributed by atoms with Gasteiger partial charge in [0, 0.05) is 24.2 Å². The molecule has 130 valence electrons. The number of hydrogen-bond acceptors (Lipinski definition) is 5. The van der Waals surface area contributed by atoms with E-state index in [0.29, 0.717) is 6.42 Å². The van der Waals surface area contributed by atoms with Gasteiger partial charge < -0.3 is 10.2 Å². The molecular formula is C15H19FN4O4. The third-order valence-electron chi connectivity index (χ3n) is 3.74. The van der Waals surface area contributed by atoms with Crippen LogP contribution in [0.5, 0.6) is 0 Å². The zero-order valence-electron chi connectivity index (χ0n) is 13.3. The van der Waals surface area contributed by atoms with Crippen molar-refractivity contribution >= 4 is 23.2 Å². The van der Waals surface area contributed by atoms with Crippen LogP contribution in [0.2, 0.25) is 0 Å². The molecule has 1 heterocycles. The number of nitrogens with zero attached hydrogens (tertiary/aromatic N) is 2. The smallest absolute Gasteiger partial charge is 0.306 e. The van der Waals surface area contributed by atoms with Gasteiger partial charge in [-0.3, -0.25) is 25.0 Å². The summed E-state index contributed by atoms with van der Waals surface area (Å²) in [5.41, 5.74) is -0.611. The number of rotatable bonds is 6. The van der Waals surface area contributed by atoms with Gasteiger partial charge in [0.25, 0.3) is 0 Å². The van der Waals surface area contributed by atoms with E-state index in [9.17, 15) is 24.1 Å². The lowest BCUT2D eigenvalue weighted by Gasteiger charge is -2.32. The molecule has 1 aliphatic heterocycles. The third-order valence-corrected chi connectivity index (χ3v) is 3.74. The lowest BCUT2D eigenvalue weighted by molar-refractivity contribution is -0.387. The molecule has 1 saturated heterocycles. The Morgan fingerprint density at radius 1 is 1.54 bits per heavy atom. The summed E-state index contributed by atoms with van der Waals surface area (Å²) in [7, 11) is 0. The molecule has 8 nitrogen and oxygen atoms in total. The van der Waals surface area contributed by atoms with Gasteiger partial charge in [-0.25, -0.2) is 0 Å². The van der Waals surface area contributed by atoms with Crippen molar-refractivity contribution in [1.82, 2.24) is 10.2 Å². The molecular weight excluding hydrogens is 319 g/mol. The van der Waals surface area contributed by atoms with E-state index < -0.39 is 22.3 Å². The van der Waals surface area contributed by atoms with E-state index in [1.807, 2.05) is 6.92 Å². The predicted octanol–water partition coefficient (Wildman–Crippen LogP) is 1.62. The summed E-state index contributed by atoms with van der Waals surface area (Å²) in [6.07, 6.45) is 2.20. The van der Waals surface area contributed by atoms with Crippen molar-refractivity contribution in [3.63, 3.8) is 0 Å². The minimum absolute atomic E-state index is 0.106. The maximum atomic E-state index is 13.3. The predicted molar refractivity (Wildman–Crippen MR) is 84.7 cm³/mol. The summed E-state index contributed by atoms with van der Waals surface area (Å²) < 4.78 is 13.3. The van der Waals surface area contributed by atoms with Gasteiger partial charge in [-0.05, 0) is 18.6 Å². The molecule has 0 saturated carbocycles. The van der Waals surface area contributed by atoms with Crippen LogP contribution in [-0.2, 0) is 9.59 Å². The van der Waals surface area contributed by atoms with Gasteiger partial charge in [-0.1, -0.05) is 13.3 Å². The Morgan fingerprint density at radius 2 is 2.29 bits per heavy atom. The number of carbonyl (C=O) groups excluding carboxylic acids is 2. The van der Waals surface area contributed by atoms with Crippen LogP contribution in [0, 0.1) is 15.9 Å². The number of nitro groups is 1. The molecule has 0 aliphatic carbocycles. The maximum Gasteiger partial charge on any atom is 0.306 e. The Labute approximate surface area is 138 Å². The lowest BCUT2D eigenvalue weighted by Crippen LogP contribution is -2.52. The number of carbonyl (C=O) groups is 2. The van der Waals surface area contributed by atoms with Gasteiger partial charge in [0.15, 0.2) is 0 Å². The number of nitrogens with one attached hydrogen (secondary N) is 2. The fourth-order valence-corrected chi connectivity index (χ4v) is 2.54. The van der Waals surface area contributed by atoms with Gasteiger partial charge in [-0.15, -0.1) is 0 Å². The molecule has 1 aliphatic rings. The molecule has 1 atom stereocenters. The second kappa shape index (κ2) is 7.82. The second-order valence-electron chi connectivity index (χ2n) is 5.62. The molecule has 1 aromatic carbocycles. The van der Waals surface area contributed by atoms with Gasteiger partial charge >= 0.3 is 5.69 Å². The van der Waals surface area contributed by atoms with Crippen molar-refractivity contribution in [1.29, 1.82) is 0 Å². The molecule has 0 aromatic heterocycles. The molecule has 0 bridgehead atoms. The summed E-state index contributed by atoms with van der Waals surface area (Å²) in [4.78, 5) is 35.2. The van der Waals surface area contributed by atoms with Crippen LogP contribution in [0.4, 0.5) is 15.8 Å². The van der Waals surface area contributed by atoms with Gasteiger partial charge in [0.05, 0.1) is 11.6 Å². The highest BCUT2D eigenvalue weighted by atomic mass is 19.1. The van der Waals surface area contributed by atoms with Crippen molar-refractivity contribution in [2.45, 2.75) is 32.2 Å². The fourth-order valence-electron chi connectivity index (χ4n) is 2.54. The summed E-state index contributed by atoms with van der Waals surface area (Å²) >= 11 is 0. The van der Waals surface area contributed by atoms with Crippen molar-refractivity contribution in [2.75, 3.05) is 18.5 Å². The first-order chi connectivity index (χ1) is 11.4. The number of anilines is 1. The molecule has 0 radical (unpaired) electrons. The average molecular weight is 338 g/mol. The molecule has 2 rings (SSSR count). The standard InChI is InChI=1S/C15H19FN4O4/c1-2-3-10-7-15(22)19(9-17-10)8-14(21)18-11-4-5-12(16)13(6-11)20(23)24/h4-6,10,17H,2-3,7-9H2,1H3,(H,18,21). The number of benzene rings is 1. The molecule has 1 fully saturated rings. The number of halogens is 1. The highest BCUT2D eigenvalue weighted by Crippen LogP contribution is 2.21. The summed E-state index contributed by atoms with van der Waals surface area (Å²) in [5, 5.41) is 16.3. The van der Waals surface area contributed by atoms with Gasteiger partial charge in [0.2, 0.25) is 17.6 Å². The molecule has 0 spiro atoms. The Balaban J connectivity index is 1.93.